The summed E-state index contributed by atoms with van der Waals surface area (Å²) in [5, 5.41) is 2.82. The molecule has 8 nitrogen and oxygen atoms in total. The van der Waals surface area contributed by atoms with Crippen molar-refractivity contribution in [1.82, 2.24) is 9.88 Å². The number of aromatic nitrogens is 1. The molecule has 1 fully saturated rings. The first-order chi connectivity index (χ1) is 12.0. The van der Waals surface area contributed by atoms with Gasteiger partial charge in [-0.25, -0.2) is 9.78 Å². The number of esters is 1. The summed E-state index contributed by atoms with van der Waals surface area (Å²) in [4.78, 5) is 53.4. The van der Waals surface area contributed by atoms with Gasteiger partial charge in [-0.2, -0.15) is 0 Å². The van der Waals surface area contributed by atoms with Crippen LogP contribution in [0, 0.1) is 11.8 Å². The number of anilines is 1. The highest BCUT2D eigenvalue weighted by molar-refractivity contribution is 7.17. The number of nitrogens with one attached hydrogen (secondary N) is 1. The molecular formula is C16H17N3O5S. The number of methoxy groups -OCH3 is 1. The van der Waals surface area contributed by atoms with E-state index in [-0.39, 0.29) is 52.5 Å². The van der Waals surface area contributed by atoms with Crippen LogP contribution in [-0.4, -0.2) is 47.2 Å². The molecule has 9 heteroatoms. The highest BCUT2D eigenvalue weighted by atomic mass is 32.1. The SMILES string of the molecule is COC(=O)c1cnc(NC(=O)CCN2C(=O)C3CC=CCC3C2=O)s1. The van der Waals surface area contributed by atoms with Crippen LogP contribution in [0.2, 0.25) is 0 Å². The fourth-order valence-electron chi connectivity index (χ4n) is 3.01. The topological polar surface area (TPSA) is 106 Å². The van der Waals surface area contributed by atoms with E-state index in [4.69, 9.17) is 0 Å². The van der Waals surface area contributed by atoms with Crippen molar-refractivity contribution in [2.75, 3.05) is 19.0 Å². The fourth-order valence-corrected chi connectivity index (χ4v) is 3.76. The molecule has 2 unspecified atom stereocenters. The molecule has 132 valence electrons. The zero-order valence-electron chi connectivity index (χ0n) is 13.6. The number of hydrogen-bond donors (Lipinski definition) is 1. The number of rotatable bonds is 5. The third kappa shape index (κ3) is 3.46. The van der Waals surface area contributed by atoms with Crippen molar-refractivity contribution in [2.24, 2.45) is 11.8 Å². The number of imide groups is 1. The fraction of sp³-hybridized carbons (Fsp3) is 0.438. The minimum absolute atomic E-state index is 0.0164. The molecule has 0 aromatic carbocycles. The van der Waals surface area contributed by atoms with Gasteiger partial charge in [-0.1, -0.05) is 23.5 Å². The Morgan fingerprint density at radius 3 is 2.52 bits per heavy atom. The third-order valence-electron chi connectivity index (χ3n) is 4.30. The highest BCUT2D eigenvalue weighted by Crippen LogP contribution is 2.35. The van der Waals surface area contributed by atoms with Crippen LogP contribution in [-0.2, 0) is 19.1 Å². The van der Waals surface area contributed by atoms with Crippen molar-refractivity contribution in [3.63, 3.8) is 0 Å². The lowest BCUT2D eigenvalue weighted by molar-refractivity contribution is -0.140. The van der Waals surface area contributed by atoms with E-state index in [9.17, 15) is 19.2 Å². The third-order valence-corrected chi connectivity index (χ3v) is 5.19. The van der Waals surface area contributed by atoms with Crippen molar-refractivity contribution in [3.8, 4) is 0 Å². The average molecular weight is 363 g/mol. The number of amides is 3. The summed E-state index contributed by atoms with van der Waals surface area (Å²) < 4.78 is 4.57. The Hall–Kier alpha value is -2.55. The number of ether oxygens (including phenoxy) is 1. The quantitative estimate of drug-likeness (QED) is 0.479. The number of thiazole rings is 1. The molecule has 0 radical (unpaired) electrons. The Labute approximate surface area is 147 Å². The van der Waals surface area contributed by atoms with Gasteiger partial charge < -0.3 is 10.1 Å². The zero-order chi connectivity index (χ0) is 18.0. The van der Waals surface area contributed by atoms with E-state index in [2.05, 4.69) is 15.0 Å². The molecule has 1 aliphatic heterocycles. The van der Waals surface area contributed by atoms with Gasteiger partial charge >= 0.3 is 5.97 Å². The first kappa shape index (κ1) is 17.3. The first-order valence-electron chi connectivity index (χ1n) is 7.85. The molecule has 0 saturated carbocycles. The van der Waals surface area contributed by atoms with Crippen LogP contribution in [0.15, 0.2) is 18.3 Å². The molecule has 3 rings (SSSR count). The molecule has 0 bridgehead atoms. The Balaban J connectivity index is 1.54. The second-order valence-electron chi connectivity index (χ2n) is 5.80. The average Bonchev–Trinajstić information content (AvgIpc) is 3.17. The second kappa shape index (κ2) is 7.14. The molecule has 1 N–H and O–H groups in total. The van der Waals surface area contributed by atoms with Gasteiger partial charge in [0.1, 0.15) is 4.88 Å². The van der Waals surface area contributed by atoms with E-state index in [1.165, 1.54) is 18.2 Å². The van der Waals surface area contributed by atoms with Crippen molar-refractivity contribution in [3.05, 3.63) is 23.2 Å². The van der Waals surface area contributed by atoms with Crippen molar-refractivity contribution in [2.45, 2.75) is 19.3 Å². The number of carbonyl (C=O) groups excluding carboxylic acids is 4. The number of allylic oxidation sites excluding steroid dienone is 2. The van der Waals surface area contributed by atoms with E-state index in [1.54, 1.807) is 0 Å². The summed E-state index contributed by atoms with van der Waals surface area (Å²) in [6.45, 7) is 0.0474. The predicted molar refractivity (Wildman–Crippen MR) is 88.8 cm³/mol. The lowest BCUT2D eigenvalue weighted by Crippen LogP contribution is -2.34. The molecule has 2 heterocycles. The van der Waals surface area contributed by atoms with Gasteiger partial charge in [-0.05, 0) is 12.8 Å². The molecule has 1 aromatic rings. The molecule has 1 saturated heterocycles. The maximum atomic E-state index is 12.3. The first-order valence-corrected chi connectivity index (χ1v) is 8.67. The maximum absolute atomic E-state index is 12.3. The van der Waals surface area contributed by atoms with Crippen LogP contribution in [0.4, 0.5) is 5.13 Å². The van der Waals surface area contributed by atoms with Crippen molar-refractivity contribution < 1.29 is 23.9 Å². The summed E-state index contributed by atoms with van der Waals surface area (Å²) in [5.41, 5.74) is 0. The molecule has 2 atom stereocenters. The van der Waals surface area contributed by atoms with Crippen LogP contribution in [0.1, 0.15) is 28.9 Å². The Morgan fingerprint density at radius 1 is 1.28 bits per heavy atom. The van der Waals surface area contributed by atoms with Gasteiger partial charge in [0.15, 0.2) is 5.13 Å². The Morgan fingerprint density at radius 2 is 1.92 bits per heavy atom. The van der Waals surface area contributed by atoms with E-state index in [1.807, 2.05) is 12.2 Å². The van der Waals surface area contributed by atoms with Crippen LogP contribution < -0.4 is 5.32 Å². The minimum Gasteiger partial charge on any atom is -0.465 e. The van der Waals surface area contributed by atoms with Crippen LogP contribution in [0.5, 0.6) is 0 Å². The summed E-state index contributed by atoms with van der Waals surface area (Å²) in [5.74, 6) is -1.88. The Kier molecular flexibility index (Phi) is 4.93. The molecule has 1 aromatic heterocycles. The maximum Gasteiger partial charge on any atom is 0.349 e. The standard InChI is InChI=1S/C16H17N3O5S/c1-24-15(23)11-8-17-16(25-11)18-12(20)6-7-19-13(21)9-4-2-3-5-10(9)14(19)22/h2-3,8-10H,4-7H2,1H3,(H,17,18,20). The number of carbonyl (C=O) groups is 4. The van der Waals surface area contributed by atoms with Crippen LogP contribution in [0.25, 0.3) is 0 Å². The molecule has 25 heavy (non-hydrogen) atoms. The van der Waals surface area contributed by atoms with Gasteiger partial charge in [0.25, 0.3) is 0 Å². The molecule has 0 spiro atoms. The van der Waals surface area contributed by atoms with Crippen molar-refractivity contribution >= 4 is 40.2 Å². The summed E-state index contributed by atoms with van der Waals surface area (Å²) in [7, 11) is 1.26. The van der Waals surface area contributed by atoms with Gasteiger partial charge in [0.2, 0.25) is 17.7 Å². The minimum atomic E-state index is -0.525. The highest BCUT2D eigenvalue weighted by Gasteiger charge is 2.46. The molecular weight excluding hydrogens is 346 g/mol. The van der Waals surface area contributed by atoms with E-state index in [0.29, 0.717) is 12.8 Å². The molecule has 1 aliphatic carbocycles. The molecule has 2 aliphatic rings. The summed E-state index contributed by atoms with van der Waals surface area (Å²) in [6.07, 6.45) is 6.29. The van der Waals surface area contributed by atoms with Crippen LogP contribution >= 0.6 is 11.3 Å². The predicted octanol–water partition coefficient (Wildman–Crippen LogP) is 1.21. The lowest BCUT2D eigenvalue weighted by Gasteiger charge is -2.14. The van der Waals surface area contributed by atoms with Crippen LogP contribution in [0.3, 0.4) is 0 Å². The van der Waals surface area contributed by atoms with Gasteiger partial charge in [0.05, 0.1) is 25.1 Å². The number of hydrogen-bond acceptors (Lipinski definition) is 7. The van der Waals surface area contributed by atoms with Crippen molar-refractivity contribution in [1.29, 1.82) is 0 Å². The Bertz CT molecular complexity index is 731. The monoisotopic (exact) mass is 363 g/mol. The second-order valence-corrected chi connectivity index (χ2v) is 6.83. The number of likely N-dealkylation sites (tertiary alicyclic amines) is 1. The lowest BCUT2D eigenvalue weighted by atomic mass is 9.85. The number of nitrogens with zero attached hydrogens (tertiary/aromatic N) is 2. The van der Waals surface area contributed by atoms with E-state index >= 15 is 0 Å². The van der Waals surface area contributed by atoms with Gasteiger partial charge in [-0.15, -0.1) is 0 Å². The normalized spacial score (nSPS) is 22.0. The van der Waals surface area contributed by atoms with E-state index < -0.39 is 5.97 Å². The molecule has 3 amide bonds. The zero-order valence-corrected chi connectivity index (χ0v) is 14.4. The smallest absolute Gasteiger partial charge is 0.349 e. The summed E-state index contributed by atoms with van der Waals surface area (Å²) in [6, 6.07) is 0. The number of fused-ring (bicyclic) bond motifs is 1. The summed E-state index contributed by atoms with van der Waals surface area (Å²) >= 11 is 0.996. The van der Waals surface area contributed by atoms with Gasteiger partial charge in [0, 0.05) is 13.0 Å². The largest absolute Gasteiger partial charge is 0.465 e. The van der Waals surface area contributed by atoms with E-state index in [0.717, 1.165) is 11.3 Å². The van der Waals surface area contributed by atoms with Gasteiger partial charge in [-0.3, -0.25) is 19.3 Å².